The lowest BCUT2D eigenvalue weighted by atomic mass is 10.3. The van der Waals surface area contributed by atoms with Gasteiger partial charge in [0.25, 0.3) is 10.0 Å². The van der Waals surface area contributed by atoms with Gasteiger partial charge >= 0.3 is 0 Å². The van der Waals surface area contributed by atoms with E-state index in [1.165, 1.54) is 35.2 Å². The van der Waals surface area contributed by atoms with Crippen LogP contribution in [-0.2, 0) is 14.8 Å². The second-order valence-electron chi connectivity index (χ2n) is 5.58. The number of nitrogens with one attached hydrogen (secondary N) is 1. The topological polar surface area (TPSA) is 105 Å². The summed E-state index contributed by atoms with van der Waals surface area (Å²) in [5.41, 5.74) is 2.01. The van der Waals surface area contributed by atoms with E-state index in [2.05, 4.69) is 19.9 Å². The van der Waals surface area contributed by atoms with Crippen LogP contribution < -0.4 is 5.32 Å². The molecule has 138 valence electrons. The van der Waals surface area contributed by atoms with Crippen LogP contribution in [0.1, 0.15) is 12.8 Å². The van der Waals surface area contributed by atoms with Crippen LogP contribution in [0.5, 0.6) is 0 Å². The lowest BCUT2D eigenvalue weighted by molar-refractivity contribution is -0.113. The second-order valence-corrected chi connectivity index (χ2v) is 9.24. The molecule has 1 aliphatic heterocycles. The van der Waals surface area contributed by atoms with Crippen molar-refractivity contribution in [1.29, 1.82) is 0 Å². The Morgan fingerprint density at radius 3 is 3.00 bits per heavy atom. The van der Waals surface area contributed by atoms with E-state index in [4.69, 9.17) is 0 Å². The molecule has 1 aromatic carbocycles. The number of rotatable bonds is 6. The Hall–Kier alpha value is -1.98. The Morgan fingerprint density at radius 1 is 1.46 bits per heavy atom. The number of carbonyl (C=O) groups excluding carboxylic acids is 1. The van der Waals surface area contributed by atoms with Crippen LogP contribution in [0.15, 0.2) is 43.4 Å². The number of nitrogens with zero attached hydrogens (tertiary/aromatic N) is 4. The van der Waals surface area contributed by atoms with Crippen LogP contribution >= 0.6 is 23.1 Å². The van der Waals surface area contributed by atoms with Crippen molar-refractivity contribution in [2.45, 2.75) is 22.1 Å². The van der Waals surface area contributed by atoms with Crippen molar-refractivity contribution in [1.82, 2.24) is 15.1 Å². The zero-order valence-corrected chi connectivity index (χ0v) is 16.4. The molecular weight excluding hydrogens is 394 g/mol. The third-order valence-electron chi connectivity index (χ3n) is 3.64. The van der Waals surface area contributed by atoms with Gasteiger partial charge in [-0.1, -0.05) is 29.2 Å². The number of thioether (sulfide) groups is 1. The van der Waals surface area contributed by atoms with Crippen LogP contribution in [0, 0.1) is 0 Å². The molecule has 1 saturated heterocycles. The Kier molecular flexibility index (Phi) is 5.89. The maximum Gasteiger partial charge on any atom is 0.284 e. The molecule has 0 unspecified atom stereocenters. The van der Waals surface area contributed by atoms with E-state index >= 15 is 0 Å². The first-order valence-electron chi connectivity index (χ1n) is 7.78. The van der Waals surface area contributed by atoms with Gasteiger partial charge in [-0.3, -0.25) is 4.79 Å². The molecule has 1 fully saturated rings. The van der Waals surface area contributed by atoms with Crippen molar-refractivity contribution in [3.05, 3.63) is 29.8 Å². The van der Waals surface area contributed by atoms with Crippen molar-refractivity contribution in [3.8, 4) is 0 Å². The summed E-state index contributed by atoms with van der Waals surface area (Å²) in [6.07, 6.45) is 1.54. The number of anilines is 1. The third-order valence-corrected chi connectivity index (χ3v) is 6.80. The molecule has 0 bridgehead atoms. The molecule has 11 heteroatoms. The summed E-state index contributed by atoms with van der Waals surface area (Å²) in [7, 11) is -1.98. The number of hydrogen-bond donors (Lipinski definition) is 1. The highest BCUT2D eigenvalue weighted by molar-refractivity contribution is 8.01. The molecule has 1 aromatic heterocycles. The van der Waals surface area contributed by atoms with Gasteiger partial charge in [-0.15, -0.1) is 14.6 Å². The zero-order valence-electron chi connectivity index (χ0n) is 14.0. The van der Waals surface area contributed by atoms with Gasteiger partial charge in [0.1, 0.15) is 11.3 Å². The van der Waals surface area contributed by atoms with Gasteiger partial charge < -0.3 is 10.2 Å². The summed E-state index contributed by atoms with van der Waals surface area (Å²) >= 11 is 2.63. The minimum atomic E-state index is -3.81. The SMILES string of the molecule is CN1CCC/C1=N\S(=O)(=O)c1cccc(NC(=O)CSc2nncs2)c1. The van der Waals surface area contributed by atoms with Gasteiger partial charge in [-0.05, 0) is 24.6 Å². The lowest BCUT2D eigenvalue weighted by Crippen LogP contribution is -2.20. The number of carbonyl (C=O) groups is 1. The Labute approximate surface area is 159 Å². The fourth-order valence-corrected chi connectivity index (χ4v) is 4.81. The highest BCUT2D eigenvalue weighted by Crippen LogP contribution is 2.22. The summed E-state index contributed by atoms with van der Waals surface area (Å²) in [6.45, 7) is 0.802. The van der Waals surface area contributed by atoms with Crippen molar-refractivity contribution < 1.29 is 13.2 Å². The van der Waals surface area contributed by atoms with E-state index in [1.807, 2.05) is 11.9 Å². The summed E-state index contributed by atoms with van der Waals surface area (Å²) in [5.74, 6) is 0.480. The molecule has 26 heavy (non-hydrogen) atoms. The highest BCUT2D eigenvalue weighted by atomic mass is 32.2. The largest absolute Gasteiger partial charge is 0.362 e. The summed E-state index contributed by atoms with van der Waals surface area (Å²) < 4.78 is 29.7. The van der Waals surface area contributed by atoms with E-state index in [9.17, 15) is 13.2 Å². The van der Waals surface area contributed by atoms with Gasteiger partial charge in [0.15, 0.2) is 4.34 Å². The molecule has 8 nitrogen and oxygen atoms in total. The van der Waals surface area contributed by atoms with E-state index in [0.717, 1.165) is 13.0 Å². The minimum Gasteiger partial charge on any atom is -0.362 e. The highest BCUT2D eigenvalue weighted by Gasteiger charge is 2.20. The predicted octanol–water partition coefficient (Wildman–Crippen LogP) is 2.08. The summed E-state index contributed by atoms with van der Waals surface area (Å²) in [4.78, 5) is 13.9. The standard InChI is InChI=1S/C15H17N5O3S3/c1-20-7-3-6-13(20)19-26(22,23)12-5-2-4-11(8-12)17-14(21)9-24-15-18-16-10-25-15/h2,4-5,8,10H,3,6-7,9H2,1H3,(H,17,21)/b19-13+. The van der Waals surface area contributed by atoms with E-state index in [1.54, 1.807) is 17.6 Å². The molecule has 0 aliphatic carbocycles. The van der Waals surface area contributed by atoms with Crippen molar-refractivity contribution in [3.63, 3.8) is 0 Å². The van der Waals surface area contributed by atoms with Gasteiger partial charge in [-0.2, -0.15) is 8.42 Å². The smallest absolute Gasteiger partial charge is 0.284 e. The number of likely N-dealkylation sites (tertiary alicyclic amines) is 1. The first-order valence-corrected chi connectivity index (χ1v) is 11.1. The number of sulfonamides is 1. The van der Waals surface area contributed by atoms with E-state index < -0.39 is 10.0 Å². The first-order chi connectivity index (χ1) is 12.4. The Bertz CT molecular complexity index is 912. The molecule has 3 rings (SSSR count). The quantitative estimate of drug-likeness (QED) is 0.726. The molecule has 1 amide bonds. The second kappa shape index (κ2) is 8.14. The van der Waals surface area contributed by atoms with Crippen LogP contribution in [0.4, 0.5) is 5.69 Å². The molecule has 0 radical (unpaired) electrons. The molecular formula is C15H17N5O3S3. The Morgan fingerprint density at radius 2 is 2.31 bits per heavy atom. The predicted molar refractivity (Wildman–Crippen MR) is 102 cm³/mol. The van der Waals surface area contributed by atoms with Crippen molar-refractivity contribution in [2.75, 3.05) is 24.7 Å². The van der Waals surface area contributed by atoms with Crippen molar-refractivity contribution in [2.24, 2.45) is 4.40 Å². The number of hydrogen-bond acceptors (Lipinski definition) is 7. The molecule has 1 aliphatic rings. The lowest BCUT2D eigenvalue weighted by Gasteiger charge is -2.11. The van der Waals surface area contributed by atoms with Gasteiger partial charge in [0.2, 0.25) is 5.91 Å². The molecule has 0 spiro atoms. The number of amides is 1. The monoisotopic (exact) mass is 411 g/mol. The summed E-state index contributed by atoms with van der Waals surface area (Å²) in [6, 6.07) is 6.11. The Balaban J connectivity index is 1.68. The van der Waals surface area contributed by atoms with Crippen LogP contribution in [-0.4, -0.2) is 54.6 Å². The summed E-state index contributed by atoms with van der Waals surface area (Å²) in [5, 5.41) is 10.2. The van der Waals surface area contributed by atoms with Gasteiger partial charge in [0, 0.05) is 25.7 Å². The van der Waals surface area contributed by atoms with Crippen LogP contribution in [0.2, 0.25) is 0 Å². The number of benzene rings is 1. The molecule has 2 heterocycles. The minimum absolute atomic E-state index is 0.0554. The fraction of sp³-hybridized carbons (Fsp3) is 0.333. The molecule has 0 atom stereocenters. The molecule has 2 aromatic rings. The van der Waals surface area contributed by atoms with Crippen molar-refractivity contribution >= 4 is 50.6 Å². The van der Waals surface area contributed by atoms with Crippen LogP contribution in [0.3, 0.4) is 0 Å². The zero-order chi connectivity index (χ0) is 18.6. The first kappa shape index (κ1) is 18.8. The maximum atomic E-state index is 12.5. The third kappa shape index (κ3) is 4.80. The molecule has 1 N–H and O–H groups in total. The average Bonchev–Trinajstić information content (AvgIpc) is 3.25. The van der Waals surface area contributed by atoms with E-state index in [-0.39, 0.29) is 16.6 Å². The number of amidine groups is 1. The van der Waals surface area contributed by atoms with Gasteiger partial charge in [0.05, 0.1) is 10.6 Å². The normalized spacial score (nSPS) is 16.2. The fourth-order valence-electron chi connectivity index (χ4n) is 2.39. The van der Waals surface area contributed by atoms with Gasteiger partial charge in [-0.25, -0.2) is 0 Å². The molecule has 0 saturated carbocycles. The average molecular weight is 412 g/mol. The maximum absolute atomic E-state index is 12.5. The number of aromatic nitrogens is 2. The van der Waals surface area contributed by atoms with Crippen LogP contribution in [0.25, 0.3) is 0 Å². The van der Waals surface area contributed by atoms with E-state index in [0.29, 0.717) is 22.3 Å².